The minimum absolute atomic E-state index is 0.0616. The highest BCUT2D eigenvalue weighted by molar-refractivity contribution is 5.77. The van der Waals surface area contributed by atoms with Crippen LogP contribution in [0.4, 0.5) is 0 Å². The number of morpholine rings is 1. The number of rotatable bonds is 5. The van der Waals surface area contributed by atoms with Gasteiger partial charge in [0.25, 0.3) is 0 Å². The van der Waals surface area contributed by atoms with Gasteiger partial charge in [0.05, 0.1) is 31.5 Å². The average Bonchev–Trinajstić information content (AvgIpc) is 3.37. The fourth-order valence-corrected chi connectivity index (χ4v) is 5.67. The number of nitrogens with zero attached hydrogens (tertiary/aromatic N) is 3. The number of carbonyl (C=O) groups excluding carboxylic acids is 1. The van der Waals surface area contributed by atoms with Crippen molar-refractivity contribution in [3.05, 3.63) is 30.1 Å². The zero-order valence-corrected chi connectivity index (χ0v) is 15.9. The molecule has 0 aliphatic carbocycles. The van der Waals surface area contributed by atoms with Gasteiger partial charge in [-0.3, -0.25) is 14.7 Å². The Labute approximate surface area is 160 Å². The number of carbonyl (C=O) groups is 1. The molecule has 1 spiro atoms. The van der Waals surface area contributed by atoms with E-state index in [0.717, 1.165) is 65.2 Å². The van der Waals surface area contributed by atoms with Crippen LogP contribution in [-0.4, -0.2) is 78.3 Å². The molecule has 1 amide bonds. The third kappa shape index (κ3) is 3.28. The molecule has 4 saturated heterocycles. The van der Waals surface area contributed by atoms with Gasteiger partial charge in [-0.1, -0.05) is 0 Å². The van der Waals surface area contributed by atoms with Crippen molar-refractivity contribution in [2.75, 3.05) is 45.9 Å². The highest BCUT2D eigenvalue weighted by atomic mass is 16.5. The lowest BCUT2D eigenvalue weighted by molar-refractivity contribution is -0.131. The molecule has 5 rings (SSSR count). The van der Waals surface area contributed by atoms with Crippen LogP contribution >= 0.6 is 0 Å². The molecule has 1 aromatic heterocycles. The first kappa shape index (κ1) is 17.6. The SMILES string of the molecule is O=C(CCc1ccncc1)N1C[C@@H]2[C@H](CN3CCOCC3)[C@H]3CC[C@]2(C1)O3. The average molecular weight is 371 g/mol. The summed E-state index contributed by atoms with van der Waals surface area (Å²) in [5.74, 6) is 1.34. The number of pyridine rings is 1. The first-order valence-corrected chi connectivity index (χ1v) is 10.4. The van der Waals surface area contributed by atoms with Crippen LogP contribution < -0.4 is 0 Å². The molecule has 0 N–H and O–H groups in total. The standard InChI is InChI=1S/C21H29N3O3/c25-20(2-1-16-4-7-22-8-5-16)24-14-18-17(13-23-9-11-26-12-10-23)19-3-6-21(18,15-24)27-19/h4-5,7-8,17-19H,1-3,6,9-15H2/t17-,18+,19+,21+/m0/s1. The van der Waals surface area contributed by atoms with E-state index in [-0.39, 0.29) is 11.5 Å². The lowest BCUT2D eigenvalue weighted by Gasteiger charge is -2.35. The minimum Gasteiger partial charge on any atom is -0.379 e. The summed E-state index contributed by atoms with van der Waals surface area (Å²) in [6, 6.07) is 3.99. The van der Waals surface area contributed by atoms with E-state index < -0.39 is 0 Å². The molecule has 4 atom stereocenters. The maximum Gasteiger partial charge on any atom is 0.223 e. The monoisotopic (exact) mass is 371 g/mol. The van der Waals surface area contributed by atoms with Gasteiger partial charge in [-0.15, -0.1) is 0 Å². The second kappa shape index (κ2) is 7.15. The van der Waals surface area contributed by atoms with Gasteiger partial charge in [0.2, 0.25) is 5.91 Å². The molecule has 6 nitrogen and oxygen atoms in total. The summed E-state index contributed by atoms with van der Waals surface area (Å²) in [6.45, 7) is 6.50. The summed E-state index contributed by atoms with van der Waals surface area (Å²) in [5, 5.41) is 0. The van der Waals surface area contributed by atoms with Crippen LogP contribution in [-0.2, 0) is 20.7 Å². The first-order valence-electron chi connectivity index (χ1n) is 10.4. The third-order valence-electron chi connectivity index (χ3n) is 7.09. The van der Waals surface area contributed by atoms with Crippen molar-refractivity contribution in [1.82, 2.24) is 14.8 Å². The molecule has 5 heterocycles. The Morgan fingerprint density at radius 2 is 2.07 bits per heavy atom. The molecule has 0 unspecified atom stereocenters. The normalized spacial score (nSPS) is 35.6. The lowest BCUT2D eigenvalue weighted by Crippen LogP contribution is -2.45. The van der Waals surface area contributed by atoms with Gasteiger partial charge >= 0.3 is 0 Å². The van der Waals surface area contributed by atoms with Crippen LogP contribution in [0, 0.1) is 11.8 Å². The Balaban J connectivity index is 1.22. The summed E-state index contributed by atoms with van der Waals surface area (Å²) >= 11 is 0. The summed E-state index contributed by atoms with van der Waals surface area (Å²) in [7, 11) is 0. The summed E-state index contributed by atoms with van der Waals surface area (Å²) in [6.07, 6.45) is 7.62. The summed E-state index contributed by atoms with van der Waals surface area (Å²) in [4.78, 5) is 21.5. The number of aryl methyl sites for hydroxylation is 1. The molecule has 4 fully saturated rings. The van der Waals surface area contributed by atoms with Gasteiger partial charge < -0.3 is 14.4 Å². The predicted molar refractivity (Wildman–Crippen MR) is 100 cm³/mol. The van der Waals surface area contributed by atoms with Crippen molar-refractivity contribution in [2.24, 2.45) is 11.8 Å². The quantitative estimate of drug-likeness (QED) is 0.782. The lowest BCUT2D eigenvalue weighted by atomic mass is 9.73. The third-order valence-corrected chi connectivity index (χ3v) is 7.09. The maximum absolute atomic E-state index is 12.8. The number of hydrogen-bond acceptors (Lipinski definition) is 5. The van der Waals surface area contributed by atoms with Crippen molar-refractivity contribution < 1.29 is 14.3 Å². The van der Waals surface area contributed by atoms with Crippen LogP contribution in [0.15, 0.2) is 24.5 Å². The number of likely N-dealkylation sites (tertiary alicyclic amines) is 1. The van der Waals surface area contributed by atoms with Crippen molar-refractivity contribution in [2.45, 2.75) is 37.4 Å². The molecule has 0 radical (unpaired) electrons. The largest absolute Gasteiger partial charge is 0.379 e. The maximum atomic E-state index is 12.8. The second-order valence-corrected chi connectivity index (χ2v) is 8.57. The number of fused-ring (bicyclic) bond motifs is 1. The number of hydrogen-bond donors (Lipinski definition) is 0. The molecular formula is C21H29N3O3. The molecule has 6 heteroatoms. The van der Waals surface area contributed by atoms with E-state index in [1.165, 1.54) is 5.56 Å². The van der Waals surface area contributed by atoms with Crippen molar-refractivity contribution >= 4 is 5.91 Å². The van der Waals surface area contributed by atoms with Crippen LogP contribution in [0.2, 0.25) is 0 Å². The molecule has 4 aliphatic rings. The molecule has 2 bridgehead atoms. The van der Waals surface area contributed by atoms with E-state index in [1.807, 2.05) is 12.1 Å². The van der Waals surface area contributed by atoms with Crippen LogP contribution in [0.3, 0.4) is 0 Å². The van der Waals surface area contributed by atoms with Gasteiger partial charge in [0.15, 0.2) is 0 Å². The molecule has 27 heavy (non-hydrogen) atoms. The summed E-state index contributed by atoms with van der Waals surface area (Å²) < 4.78 is 12.0. The van der Waals surface area contributed by atoms with E-state index in [1.54, 1.807) is 12.4 Å². The molecule has 0 saturated carbocycles. The number of ether oxygens (including phenoxy) is 2. The molecule has 1 aromatic rings. The minimum atomic E-state index is -0.0616. The van der Waals surface area contributed by atoms with Gasteiger partial charge in [0.1, 0.15) is 0 Å². The first-order chi connectivity index (χ1) is 13.2. The van der Waals surface area contributed by atoms with E-state index >= 15 is 0 Å². The Morgan fingerprint density at radius 3 is 2.89 bits per heavy atom. The molecular weight excluding hydrogens is 342 g/mol. The molecule has 0 aromatic carbocycles. The van der Waals surface area contributed by atoms with Crippen molar-refractivity contribution in [1.29, 1.82) is 0 Å². The van der Waals surface area contributed by atoms with Crippen LogP contribution in [0.5, 0.6) is 0 Å². The van der Waals surface area contributed by atoms with E-state index in [4.69, 9.17) is 9.47 Å². The topological polar surface area (TPSA) is 54.9 Å². The zero-order valence-electron chi connectivity index (χ0n) is 15.9. The smallest absolute Gasteiger partial charge is 0.223 e. The van der Waals surface area contributed by atoms with Crippen molar-refractivity contribution in [3.63, 3.8) is 0 Å². The zero-order chi connectivity index (χ0) is 18.3. The van der Waals surface area contributed by atoms with Crippen LogP contribution in [0.1, 0.15) is 24.8 Å². The van der Waals surface area contributed by atoms with E-state index in [0.29, 0.717) is 24.4 Å². The number of aromatic nitrogens is 1. The Morgan fingerprint density at radius 1 is 1.26 bits per heavy atom. The molecule has 4 aliphatic heterocycles. The molecule has 146 valence electrons. The fraction of sp³-hybridized carbons (Fsp3) is 0.714. The van der Waals surface area contributed by atoms with E-state index in [2.05, 4.69) is 14.8 Å². The fourth-order valence-electron chi connectivity index (χ4n) is 5.67. The van der Waals surface area contributed by atoms with E-state index in [9.17, 15) is 4.79 Å². The highest BCUT2D eigenvalue weighted by Gasteiger charge is 2.63. The number of amides is 1. The van der Waals surface area contributed by atoms with Gasteiger partial charge in [-0.25, -0.2) is 0 Å². The Bertz CT molecular complexity index is 679. The summed E-state index contributed by atoms with van der Waals surface area (Å²) in [5.41, 5.74) is 1.12. The predicted octanol–water partition coefficient (Wildman–Crippen LogP) is 1.35. The second-order valence-electron chi connectivity index (χ2n) is 8.57. The van der Waals surface area contributed by atoms with Gasteiger partial charge in [0, 0.05) is 56.8 Å². The van der Waals surface area contributed by atoms with Gasteiger partial charge in [-0.05, 0) is 37.0 Å². The van der Waals surface area contributed by atoms with Crippen LogP contribution in [0.25, 0.3) is 0 Å². The van der Waals surface area contributed by atoms with Crippen molar-refractivity contribution in [3.8, 4) is 0 Å². The van der Waals surface area contributed by atoms with Gasteiger partial charge in [-0.2, -0.15) is 0 Å². The Kier molecular flexibility index (Phi) is 4.66. The Hall–Kier alpha value is -1.50. The highest BCUT2D eigenvalue weighted by Crippen LogP contribution is 2.55.